The maximum absolute atomic E-state index is 13.4. The zero-order valence-corrected chi connectivity index (χ0v) is 11.9. The molecule has 0 spiro atoms. The number of hydrogen-bond donors (Lipinski definition) is 0. The Labute approximate surface area is 110 Å². The van der Waals surface area contributed by atoms with Gasteiger partial charge in [0.1, 0.15) is 0 Å². The highest BCUT2D eigenvalue weighted by Gasteiger charge is 2.20. The highest BCUT2D eigenvalue weighted by Crippen LogP contribution is 2.12. The smallest absolute Gasteiger partial charge is 0.261 e. The van der Waals surface area contributed by atoms with Gasteiger partial charge in [0.05, 0.1) is 0 Å². The van der Waals surface area contributed by atoms with Crippen LogP contribution < -0.4 is 5.19 Å². The van der Waals surface area contributed by atoms with Gasteiger partial charge >= 0.3 is 0 Å². The van der Waals surface area contributed by atoms with Crippen LogP contribution in [0.5, 0.6) is 0 Å². The Balaban J connectivity index is 2.76. The SMILES string of the molecule is CCOC(OCC)O[SiH2]c1cc(F)c(F)c(F)c1F. The molecule has 0 atom stereocenters. The summed E-state index contributed by atoms with van der Waals surface area (Å²) in [5.41, 5.74) is 0. The van der Waals surface area contributed by atoms with E-state index in [9.17, 15) is 17.6 Å². The Morgan fingerprint density at radius 2 is 1.58 bits per heavy atom. The summed E-state index contributed by atoms with van der Waals surface area (Å²) in [6.07, 6.45) is 0. The zero-order valence-electron chi connectivity index (χ0n) is 10.5. The van der Waals surface area contributed by atoms with Crippen molar-refractivity contribution in [1.29, 1.82) is 0 Å². The third-order valence-electron chi connectivity index (χ3n) is 2.16. The Bertz CT molecular complexity index is 425. The molecule has 1 aromatic carbocycles. The van der Waals surface area contributed by atoms with E-state index in [0.717, 1.165) is 0 Å². The van der Waals surface area contributed by atoms with Crippen LogP contribution in [0.4, 0.5) is 17.6 Å². The molecule has 108 valence electrons. The van der Waals surface area contributed by atoms with Gasteiger partial charge in [0, 0.05) is 18.4 Å². The Morgan fingerprint density at radius 1 is 1.00 bits per heavy atom. The van der Waals surface area contributed by atoms with Crippen LogP contribution in [0.3, 0.4) is 0 Å². The molecule has 0 aliphatic carbocycles. The number of hydrogen-bond acceptors (Lipinski definition) is 3. The van der Waals surface area contributed by atoms with Crippen molar-refractivity contribution in [3.8, 4) is 0 Å². The molecule has 0 radical (unpaired) electrons. The lowest BCUT2D eigenvalue weighted by molar-refractivity contribution is -0.242. The topological polar surface area (TPSA) is 27.7 Å². The van der Waals surface area contributed by atoms with Crippen LogP contribution in [-0.2, 0) is 13.9 Å². The van der Waals surface area contributed by atoms with Crippen LogP contribution >= 0.6 is 0 Å². The summed E-state index contributed by atoms with van der Waals surface area (Å²) < 4.78 is 67.3. The first-order valence-electron chi connectivity index (χ1n) is 5.67. The maximum Gasteiger partial charge on any atom is 0.261 e. The van der Waals surface area contributed by atoms with E-state index >= 15 is 0 Å². The first-order valence-corrected chi connectivity index (χ1v) is 6.96. The number of benzene rings is 1. The van der Waals surface area contributed by atoms with E-state index in [0.29, 0.717) is 19.3 Å². The molecule has 0 aliphatic heterocycles. The van der Waals surface area contributed by atoms with E-state index in [2.05, 4.69) is 0 Å². The average molecular weight is 298 g/mol. The van der Waals surface area contributed by atoms with Gasteiger partial charge in [-0.05, 0) is 19.9 Å². The Kier molecular flexibility index (Phi) is 6.42. The van der Waals surface area contributed by atoms with Crippen LogP contribution in [-0.4, -0.2) is 29.5 Å². The summed E-state index contributed by atoms with van der Waals surface area (Å²) in [7, 11) is -1.86. The zero-order chi connectivity index (χ0) is 14.4. The molecule has 0 amide bonds. The Hall–Kier alpha value is -0.963. The van der Waals surface area contributed by atoms with Crippen LogP contribution in [0.15, 0.2) is 6.07 Å². The molecule has 0 saturated heterocycles. The average Bonchev–Trinajstić information content (AvgIpc) is 2.39. The van der Waals surface area contributed by atoms with Gasteiger partial charge in [-0.2, -0.15) is 0 Å². The molecule has 3 nitrogen and oxygen atoms in total. The maximum atomic E-state index is 13.4. The van der Waals surface area contributed by atoms with Gasteiger partial charge in [-0.25, -0.2) is 17.6 Å². The fourth-order valence-corrected chi connectivity index (χ4v) is 2.35. The van der Waals surface area contributed by atoms with Crippen molar-refractivity contribution in [1.82, 2.24) is 0 Å². The standard InChI is InChI=1S/C11H14F4O3Si/c1-3-16-11(17-4-2)18-19-7-5-6(12)8(13)10(15)9(7)14/h5,11H,3-4,19H2,1-2H3. The molecular weight excluding hydrogens is 284 g/mol. The molecule has 0 saturated carbocycles. The minimum atomic E-state index is -1.86. The van der Waals surface area contributed by atoms with Crippen molar-refractivity contribution in [2.45, 2.75) is 20.3 Å². The Morgan fingerprint density at radius 3 is 2.11 bits per heavy atom. The third-order valence-corrected chi connectivity index (χ3v) is 3.42. The fraction of sp³-hybridized carbons (Fsp3) is 0.455. The van der Waals surface area contributed by atoms with Crippen molar-refractivity contribution in [3.05, 3.63) is 29.3 Å². The van der Waals surface area contributed by atoms with Crippen molar-refractivity contribution >= 4 is 14.9 Å². The van der Waals surface area contributed by atoms with Crippen LogP contribution in [0.2, 0.25) is 0 Å². The lowest BCUT2D eigenvalue weighted by Crippen LogP contribution is -2.31. The molecule has 0 unspecified atom stereocenters. The summed E-state index contributed by atoms with van der Waals surface area (Å²) >= 11 is 0. The molecule has 1 aromatic rings. The molecule has 0 N–H and O–H groups in total. The largest absolute Gasteiger partial charge is 0.373 e. The van der Waals surface area contributed by atoms with Gasteiger partial charge in [0.2, 0.25) is 9.76 Å². The molecule has 8 heteroatoms. The second kappa shape index (κ2) is 7.58. The molecule has 0 bridgehead atoms. The summed E-state index contributed by atoms with van der Waals surface area (Å²) in [6, 6.07) is 0.592. The van der Waals surface area contributed by atoms with Gasteiger partial charge in [-0.1, -0.05) is 0 Å². The second-order valence-electron chi connectivity index (χ2n) is 3.47. The molecule has 19 heavy (non-hydrogen) atoms. The van der Waals surface area contributed by atoms with Crippen molar-refractivity contribution in [3.63, 3.8) is 0 Å². The summed E-state index contributed by atoms with van der Waals surface area (Å²) in [5, 5.41) is -0.319. The van der Waals surface area contributed by atoms with E-state index < -0.39 is 39.5 Å². The minimum Gasteiger partial charge on any atom is -0.373 e. The normalized spacial score (nSPS) is 11.9. The van der Waals surface area contributed by atoms with E-state index in [-0.39, 0.29) is 5.19 Å². The van der Waals surface area contributed by atoms with Gasteiger partial charge in [0.25, 0.3) is 6.48 Å². The van der Waals surface area contributed by atoms with E-state index in [1.807, 2.05) is 0 Å². The molecule has 1 rings (SSSR count). The van der Waals surface area contributed by atoms with E-state index in [1.165, 1.54) is 0 Å². The molecular formula is C11H14F4O3Si. The number of rotatable bonds is 7. The predicted molar refractivity (Wildman–Crippen MR) is 62.6 cm³/mol. The van der Waals surface area contributed by atoms with Gasteiger partial charge in [0.15, 0.2) is 23.3 Å². The van der Waals surface area contributed by atoms with E-state index in [1.54, 1.807) is 13.8 Å². The predicted octanol–water partition coefficient (Wildman–Crippen LogP) is 1.33. The first-order chi connectivity index (χ1) is 9.01. The van der Waals surface area contributed by atoms with E-state index in [4.69, 9.17) is 13.9 Å². The van der Waals surface area contributed by atoms with Crippen LogP contribution in [0, 0.1) is 23.3 Å². The van der Waals surface area contributed by atoms with Gasteiger partial charge < -0.3 is 13.9 Å². The number of ether oxygens (including phenoxy) is 2. The highest BCUT2D eigenvalue weighted by atomic mass is 28.2. The quantitative estimate of drug-likeness (QED) is 0.250. The van der Waals surface area contributed by atoms with Gasteiger partial charge in [-0.15, -0.1) is 0 Å². The van der Waals surface area contributed by atoms with Crippen molar-refractivity contribution in [2.24, 2.45) is 0 Å². The molecule has 0 aromatic heterocycles. The molecule has 0 heterocycles. The third kappa shape index (κ3) is 4.27. The van der Waals surface area contributed by atoms with Crippen molar-refractivity contribution < 1.29 is 31.5 Å². The summed E-state index contributed by atoms with van der Waals surface area (Å²) in [4.78, 5) is 0. The monoisotopic (exact) mass is 298 g/mol. The first kappa shape index (κ1) is 16.1. The summed E-state index contributed by atoms with van der Waals surface area (Å²) in [6.45, 7) is 2.99. The van der Waals surface area contributed by atoms with Gasteiger partial charge in [-0.3, -0.25) is 0 Å². The minimum absolute atomic E-state index is 0.299. The van der Waals surface area contributed by atoms with Crippen LogP contribution in [0.1, 0.15) is 13.8 Å². The molecule has 0 aliphatic rings. The van der Waals surface area contributed by atoms with Crippen molar-refractivity contribution in [2.75, 3.05) is 13.2 Å². The summed E-state index contributed by atoms with van der Waals surface area (Å²) in [5.74, 6) is -6.55. The second-order valence-corrected chi connectivity index (χ2v) is 4.85. The number of halogens is 4. The van der Waals surface area contributed by atoms with Crippen LogP contribution in [0.25, 0.3) is 0 Å². The lowest BCUT2D eigenvalue weighted by atomic mass is 10.3. The molecule has 0 fully saturated rings. The fourth-order valence-electron chi connectivity index (χ4n) is 1.30. The lowest BCUT2D eigenvalue weighted by Gasteiger charge is -2.17. The highest BCUT2D eigenvalue weighted by molar-refractivity contribution is 6.47.